The van der Waals surface area contributed by atoms with Crippen molar-refractivity contribution in [3.63, 3.8) is 0 Å². The Balaban J connectivity index is 2.13. The average molecular weight is 324 g/mol. The van der Waals surface area contributed by atoms with Crippen LogP contribution in [0.2, 0.25) is 0 Å². The van der Waals surface area contributed by atoms with Crippen molar-refractivity contribution in [3.05, 3.63) is 11.8 Å². The summed E-state index contributed by atoms with van der Waals surface area (Å²) < 4.78 is 1.79. The Labute approximate surface area is 143 Å². The van der Waals surface area contributed by atoms with Crippen LogP contribution in [0.25, 0.3) is 0 Å². The van der Waals surface area contributed by atoms with Gasteiger partial charge in [-0.05, 0) is 26.2 Å². The van der Waals surface area contributed by atoms with Crippen molar-refractivity contribution in [3.8, 4) is 17.9 Å². The Morgan fingerprint density at radius 2 is 2.29 bits per heavy atom. The zero-order chi connectivity index (χ0) is 17.4. The molecule has 1 aliphatic rings. The van der Waals surface area contributed by atoms with E-state index < -0.39 is 0 Å². The van der Waals surface area contributed by atoms with Gasteiger partial charge in [0, 0.05) is 31.0 Å². The average Bonchev–Trinajstić information content (AvgIpc) is 2.96. The first kappa shape index (κ1) is 17.9. The van der Waals surface area contributed by atoms with E-state index in [0.717, 1.165) is 44.4 Å². The molecule has 0 amide bonds. The van der Waals surface area contributed by atoms with Gasteiger partial charge in [0.25, 0.3) is 0 Å². The summed E-state index contributed by atoms with van der Waals surface area (Å²) in [5, 5.41) is 13.6. The molecular formula is C19H24N4O. The molecule has 1 saturated carbocycles. The highest BCUT2D eigenvalue weighted by Crippen LogP contribution is 2.26. The lowest BCUT2D eigenvalue weighted by atomic mass is 9.84. The van der Waals surface area contributed by atoms with E-state index in [1.165, 1.54) is 0 Å². The maximum atomic E-state index is 12.3. The van der Waals surface area contributed by atoms with Crippen molar-refractivity contribution in [2.45, 2.75) is 65.3 Å². The van der Waals surface area contributed by atoms with E-state index in [4.69, 9.17) is 0 Å². The molecule has 1 heterocycles. The van der Waals surface area contributed by atoms with E-state index in [1.807, 2.05) is 0 Å². The predicted molar refractivity (Wildman–Crippen MR) is 94.0 cm³/mol. The van der Waals surface area contributed by atoms with Crippen molar-refractivity contribution in [1.82, 2.24) is 9.78 Å². The van der Waals surface area contributed by atoms with E-state index in [2.05, 4.69) is 34.9 Å². The van der Waals surface area contributed by atoms with Crippen LogP contribution < -0.4 is 0 Å². The van der Waals surface area contributed by atoms with E-state index in [0.29, 0.717) is 24.2 Å². The monoisotopic (exact) mass is 324 g/mol. The summed E-state index contributed by atoms with van der Waals surface area (Å²) >= 11 is 0. The highest BCUT2D eigenvalue weighted by molar-refractivity contribution is 6.06. The molecule has 1 fully saturated rings. The van der Waals surface area contributed by atoms with Gasteiger partial charge < -0.3 is 0 Å². The molecule has 2 rings (SSSR count). The van der Waals surface area contributed by atoms with Gasteiger partial charge in [0.2, 0.25) is 0 Å². The minimum atomic E-state index is 0.0290. The van der Waals surface area contributed by atoms with Crippen molar-refractivity contribution in [1.29, 1.82) is 5.26 Å². The second kappa shape index (κ2) is 9.03. The van der Waals surface area contributed by atoms with Crippen LogP contribution >= 0.6 is 0 Å². The highest BCUT2D eigenvalue weighted by atomic mass is 16.1. The van der Waals surface area contributed by atoms with Crippen LogP contribution in [0.1, 0.15) is 64.4 Å². The molecule has 0 bridgehead atoms. The first-order valence-corrected chi connectivity index (χ1v) is 8.64. The Morgan fingerprint density at radius 1 is 1.46 bits per heavy atom. The maximum Gasteiger partial charge on any atom is 0.168 e. The van der Waals surface area contributed by atoms with Gasteiger partial charge in [-0.2, -0.15) is 10.4 Å². The Hall–Kier alpha value is -2.40. The van der Waals surface area contributed by atoms with Gasteiger partial charge in [0.05, 0.1) is 6.20 Å². The number of rotatable bonds is 6. The molecule has 1 aliphatic carbocycles. The maximum absolute atomic E-state index is 12.3. The van der Waals surface area contributed by atoms with Crippen LogP contribution in [0.15, 0.2) is 11.2 Å². The molecule has 5 nitrogen and oxygen atoms in total. The smallest absolute Gasteiger partial charge is 0.168 e. The normalized spacial score (nSPS) is 19.0. The van der Waals surface area contributed by atoms with Gasteiger partial charge in [-0.3, -0.25) is 4.79 Å². The number of ketones is 1. The van der Waals surface area contributed by atoms with Crippen molar-refractivity contribution < 1.29 is 4.79 Å². The number of carbonyl (C=O) groups is 1. The molecule has 0 aliphatic heterocycles. The standard InChI is InChI=1S/C19H24N4O/c1-3-5-7-11-23-19(16(13-20)14-21-23)22-17-10-9-15(8-6-4-2)18(24)12-17/h14-15H,3,5,7-12H2,1-2H3. The molecule has 1 unspecified atom stereocenters. The molecule has 0 radical (unpaired) electrons. The number of nitriles is 1. The number of hydrogen-bond donors (Lipinski definition) is 0. The summed E-state index contributed by atoms with van der Waals surface area (Å²) in [7, 11) is 0. The number of Topliss-reactive ketones (excluding diaryl/α,β-unsaturated/α-hetero) is 1. The van der Waals surface area contributed by atoms with Crippen molar-refractivity contribution >= 4 is 17.3 Å². The molecular weight excluding hydrogens is 300 g/mol. The molecule has 1 atom stereocenters. The molecule has 0 aromatic carbocycles. The van der Waals surface area contributed by atoms with Gasteiger partial charge in [-0.25, -0.2) is 9.67 Å². The summed E-state index contributed by atoms with van der Waals surface area (Å²) in [4.78, 5) is 16.9. The summed E-state index contributed by atoms with van der Waals surface area (Å²) in [6.45, 7) is 4.70. The van der Waals surface area contributed by atoms with Crippen LogP contribution in [0.4, 0.5) is 5.82 Å². The topological polar surface area (TPSA) is 71.0 Å². The number of nitrogens with zero attached hydrogens (tertiary/aromatic N) is 4. The summed E-state index contributed by atoms with van der Waals surface area (Å²) in [6.07, 6.45) is 7.41. The van der Waals surface area contributed by atoms with Gasteiger partial charge in [-0.15, -0.1) is 11.8 Å². The highest BCUT2D eigenvalue weighted by Gasteiger charge is 2.25. The molecule has 0 saturated heterocycles. The number of aromatic nitrogens is 2. The van der Waals surface area contributed by atoms with Gasteiger partial charge in [0.15, 0.2) is 5.82 Å². The largest absolute Gasteiger partial charge is 0.299 e. The van der Waals surface area contributed by atoms with Crippen LogP contribution in [-0.2, 0) is 11.3 Å². The second-order valence-corrected chi connectivity index (χ2v) is 6.11. The molecule has 0 N–H and O–H groups in total. The van der Waals surface area contributed by atoms with Gasteiger partial charge >= 0.3 is 0 Å². The lowest BCUT2D eigenvalue weighted by Gasteiger charge is -2.20. The van der Waals surface area contributed by atoms with E-state index in [-0.39, 0.29) is 11.7 Å². The Kier molecular flexibility index (Phi) is 6.75. The Bertz CT molecular complexity index is 712. The van der Waals surface area contributed by atoms with Crippen molar-refractivity contribution in [2.24, 2.45) is 10.9 Å². The van der Waals surface area contributed by atoms with Crippen LogP contribution in [0.5, 0.6) is 0 Å². The van der Waals surface area contributed by atoms with Crippen LogP contribution in [0, 0.1) is 29.1 Å². The molecule has 126 valence electrons. The predicted octanol–water partition coefficient (Wildman–Crippen LogP) is 3.80. The van der Waals surface area contributed by atoms with Gasteiger partial charge in [-0.1, -0.05) is 19.8 Å². The van der Waals surface area contributed by atoms with Crippen LogP contribution in [0.3, 0.4) is 0 Å². The molecule has 1 aromatic rings. The SMILES string of the molecule is CC#CCC1CCC(=Nc2c(C#N)cnn2CCCCC)CC1=O. The fourth-order valence-electron chi connectivity index (χ4n) is 2.87. The number of unbranched alkanes of at least 4 members (excludes halogenated alkanes) is 2. The van der Waals surface area contributed by atoms with Gasteiger partial charge in [0.1, 0.15) is 17.4 Å². The van der Waals surface area contributed by atoms with Crippen LogP contribution in [-0.4, -0.2) is 21.3 Å². The molecule has 0 spiro atoms. The first-order valence-electron chi connectivity index (χ1n) is 8.64. The van der Waals surface area contributed by atoms with Crippen molar-refractivity contribution in [2.75, 3.05) is 0 Å². The molecule has 24 heavy (non-hydrogen) atoms. The fraction of sp³-hybridized carbons (Fsp3) is 0.579. The summed E-state index contributed by atoms with van der Waals surface area (Å²) in [6, 6.07) is 2.15. The quantitative estimate of drug-likeness (QED) is 0.590. The first-order chi connectivity index (χ1) is 11.7. The lowest BCUT2D eigenvalue weighted by molar-refractivity contribution is -0.122. The third kappa shape index (κ3) is 4.55. The summed E-state index contributed by atoms with van der Waals surface area (Å²) in [5.41, 5.74) is 1.33. The minimum absolute atomic E-state index is 0.0290. The Morgan fingerprint density at radius 3 is 2.96 bits per heavy atom. The third-order valence-electron chi connectivity index (χ3n) is 4.31. The van der Waals surface area contributed by atoms with E-state index in [1.54, 1.807) is 17.8 Å². The number of hydrogen-bond acceptors (Lipinski definition) is 4. The number of aliphatic imine (C=N–C) groups is 1. The minimum Gasteiger partial charge on any atom is -0.299 e. The second-order valence-electron chi connectivity index (χ2n) is 6.11. The molecule has 5 heteroatoms. The zero-order valence-electron chi connectivity index (χ0n) is 14.5. The van der Waals surface area contributed by atoms with E-state index >= 15 is 0 Å². The van der Waals surface area contributed by atoms with E-state index in [9.17, 15) is 10.1 Å². The zero-order valence-corrected chi connectivity index (χ0v) is 14.5. The molecule has 1 aromatic heterocycles. The number of carbonyl (C=O) groups excluding carboxylic acids is 1. The number of aryl methyl sites for hydroxylation is 1. The fourth-order valence-corrected chi connectivity index (χ4v) is 2.87. The summed E-state index contributed by atoms with van der Waals surface area (Å²) in [5.74, 6) is 6.68. The lowest BCUT2D eigenvalue weighted by Crippen LogP contribution is -2.24. The third-order valence-corrected chi connectivity index (χ3v) is 4.31.